The van der Waals surface area contributed by atoms with Gasteiger partial charge in [-0.3, -0.25) is 4.79 Å². The highest BCUT2D eigenvalue weighted by Crippen LogP contribution is 2.17. The smallest absolute Gasteiger partial charge is 0.338 e. The molecular weight excluding hydrogens is 340 g/mol. The number of fused-ring (bicyclic) bond motifs is 1. The highest BCUT2D eigenvalue weighted by atomic mass is 16.5. The van der Waals surface area contributed by atoms with Crippen molar-refractivity contribution in [3.8, 4) is 0 Å². The van der Waals surface area contributed by atoms with Gasteiger partial charge in [0, 0.05) is 5.56 Å². The third-order valence-electron chi connectivity index (χ3n) is 4.61. The molecule has 3 rings (SSSR count). The molecule has 0 unspecified atom stereocenters. The van der Waals surface area contributed by atoms with Crippen molar-refractivity contribution in [2.24, 2.45) is 0 Å². The van der Waals surface area contributed by atoms with E-state index >= 15 is 0 Å². The van der Waals surface area contributed by atoms with Crippen LogP contribution in [0.5, 0.6) is 0 Å². The maximum Gasteiger partial charge on any atom is 0.338 e. The van der Waals surface area contributed by atoms with Crippen LogP contribution in [0.2, 0.25) is 0 Å². The van der Waals surface area contributed by atoms with Gasteiger partial charge in [0.25, 0.3) is 0 Å². The number of Topliss-reactive ketones (excluding diaryl/α,β-unsaturated/α-hetero) is 1. The Morgan fingerprint density at radius 2 is 1.52 bits per heavy atom. The number of carbonyl (C=O) groups is 2. The largest absolute Gasteiger partial charge is 0.451 e. The molecule has 27 heavy (non-hydrogen) atoms. The molecule has 1 aromatic heterocycles. The van der Waals surface area contributed by atoms with Crippen molar-refractivity contribution in [1.29, 1.82) is 0 Å². The average molecular weight is 362 g/mol. The first-order valence-electron chi connectivity index (χ1n) is 8.98. The molecule has 1 atom stereocenters. The van der Waals surface area contributed by atoms with Crippen molar-refractivity contribution in [1.82, 2.24) is 9.97 Å². The molecule has 0 fully saturated rings. The molecule has 2 aromatic carbocycles. The lowest BCUT2D eigenvalue weighted by atomic mass is 10.0. The van der Waals surface area contributed by atoms with Crippen LogP contribution < -0.4 is 0 Å². The maximum atomic E-state index is 12.5. The van der Waals surface area contributed by atoms with Crippen LogP contribution in [-0.2, 0) is 11.2 Å². The quantitative estimate of drug-likeness (QED) is 0.502. The van der Waals surface area contributed by atoms with Gasteiger partial charge in [0.1, 0.15) is 0 Å². The van der Waals surface area contributed by atoms with E-state index in [1.807, 2.05) is 26.0 Å². The van der Waals surface area contributed by atoms with Crippen LogP contribution in [-0.4, -0.2) is 27.8 Å². The summed E-state index contributed by atoms with van der Waals surface area (Å²) in [6.45, 7) is 7.40. The van der Waals surface area contributed by atoms with Crippen LogP contribution >= 0.6 is 0 Å². The van der Waals surface area contributed by atoms with E-state index in [4.69, 9.17) is 4.74 Å². The van der Waals surface area contributed by atoms with Crippen molar-refractivity contribution in [2.75, 3.05) is 0 Å². The van der Waals surface area contributed by atoms with Crippen LogP contribution in [0.25, 0.3) is 11.0 Å². The van der Waals surface area contributed by atoms with Crippen LogP contribution in [0.15, 0.2) is 42.5 Å². The second kappa shape index (κ2) is 7.66. The molecule has 0 radical (unpaired) electrons. The Morgan fingerprint density at radius 1 is 0.926 bits per heavy atom. The molecule has 0 N–H and O–H groups in total. The fourth-order valence-electron chi connectivity index (χ4n) is 2.78. The number of aromatic nitrogens is 2. The second-order valence-electron chi connectivity index (χ2n) is 6.56. The number of nitrogens with zero attached hydrogens (tertiary/aromatic N) is 2. The molecule has 0 amide bonds. The van der Waals surface area contributed by atoms with E-state index in [1.54, 1.807) is 37.3 Å². The van der Waals surface area contributed by atoms with Gasteiger partial charge in [-0.15, -0.1) is 0 Å². The lowest BCUT2D eigenvalue weighted by molar-refractivity contribution is 0.0319. The predicted octanol–water partition coefficient (Wildman–Crippen LogP) is 4.24. The first kappa shape index (κ1) is 18.7. The first-order valence-corrected chi connectivity index (χ1v) is 8.98. The Morgan fingerprint density at radius 3 is 2.15 bits per heavy atom. The molecule has 0 aliphatic carbocycles. The Balaban J connectivity index is 1.76. The van der Waals surface area contributed by atoms with Crippen molar-refractivity contribution in [3.63, 3.8) is 0 Å². The van der Waals surface area contributed by atoms with Gasteiger partial charge in [0.05, 0.1) is 28.0 Å². The first-order chi connectivity index (χ1) is 12.9. The summed E-state index contributed by atoms with van der Waals surface area (Å²) in [5.74, 6) is -0.777. The maximum absolute atomic E-state index is 12.5. The fourth-order valence-corrected chi connectivity index (χ4v) is 2.78. The zero-order valence-electron chi connectivity index (χ0n) is 15.9. The van der Waals surface area contributed by atoms with Crippen molar-refractivity contribution >= 4 is 22.8 Å². The van der Waals surface area contributed by atoms with E-state index < -0.39 is 12.1 Å². The summed E-state index contributed by atoms with van der Waals surface area (Å²) in [7, 11) is 0. The monoisotopic (exact) mass is 362 g/mol. The topological polar surface area (TPSA) is 69.2 Å². The molecule has 0 saturated carbocycles. The molecule has 5 nitrogen and oxygen atoms in total. The molecule has 5 heteroatoms. The van der Waals surface area contributed by atoms with Crippen LogP contribution in [0.3, 0.4) is 0 Å². The van der Waals surface area contributed by atoms with Crippen molar-refractivity contribution in [3.05, 3.63) is 70.5 Å². The van der Waals surface area contributed by atoms with Gasteiger partial charge in [-0.1, -0.05) is 31.2 Å². The normalized spacial score (nSPS) is 12.0. The van der Waals surface area contributed by atoms with E-state index in [1.165, 1.54) is 0 Å². The number of aryl methyl sites for hydroxylation is 3. The molecule has 0 bridgehead atoms. The number of hydrogen-bond acceptors (Lipinski definition) is 5. The number of ketones is 1. The lowest BCUT2D eigenvalue weighted by Gasteiger charge is -2.13. The number of ether oxygens (including phenoxy) is 1. The number of rotatable bonds is 5. The Labute approximate surface area is 158 Å². The third-order valence-corrected chi connectivity index (χ3v) is 4.61. The number of hydrogen-bond donors (Lipinski definition) is 0. The second-order valence-corrected chi connectivity index (χ2v) is 6.56. The fraction of sp³-hybridized carbons (Fsp3) is 0.273. The summed E-state index contributed by atoms with van der Waals surface area (Å²) in [5.41, 5.74) is 5.04. The molecule has 0 spiro atoms. The summed E-state index contributed by atoms with van der Waals surface area (Å²) in [4.78, 5) is 33.9. The standard InChI is InChI=1S/C22H22N2O3/c1-5-16-6-8-17(9-7-16)21(25)15(4)27-22(26)18-10-11-19-20(12-18)24-14(3)13(2)23-19/h6-12,15H,5H2,1-4H3/t15-/m1/s1. The van der Waals surface area contributed by atoms with E-state index in [0.717, 1.165) is 28.9 Å². The lowest BCUT2D eigenvalue weighted by Crippen LogP contribution is -2.24. The number of carbonyl (C=O) groups excluding carboxylic acids is 2. The average Bonchev–Trinajstić information content (AvgIpc) is 2.68. The predicted molar refractivity (Wildman–Crippen MR) is 104 cm³/mol. The summed E-state index contributed by atoms with van der Waals surface area (Å²) >= 11 is 0. The summed E-state index contributed by atoms with van der Waals surface area (Å²) in [6.07, 6.45) is 0.0366. The van der Waals surface area contributed by atoms with Gasteiger partial charge >= 0.3 is 5.97 Å². The van der Waals surface area contributed by atoms with Gasteiger partial charge in [-0.05, 0) is 51.0 Å². The highest BCUT2D eigenvalue weighted by molar-refractivity contribution is 6.01. The van der Waals surface area contributed by atoms with E-state index in [9.17, 15) is 9.59 Å². The minimum absolute atomic E-state index is 0.224. The minimum Gasteiger partial charge on any atom is -0.451 e. The summed E-state index contributed by atoms with van der Waals surface area (Å²) in [5, 5.41) is 0. The molecule has 138 valence electrons. The van der Waals surface area contributed by atoms with Gasteiger partial charge in [-0.25, -0.2) is 14.8 Å². The third kappa shape index (κ3) is 4.03. The molecule has 1 heterocycles. The Hall–Kier alpha value is -3.08. The van der Waals surface area contributed by atoms with Crippen LogP contribution in [0, 0.1) is 13.8 Å². The van der Waals surface area contributed by atoms with Crippen LogP contribution in [0.1, 0.15) is 51.5 Å². The summed E-state index contributed by atoms with van der Waals surface area (Å²) in [6, 6.07) is 12.4. The van der Waals surface area contributed by atoms with Crippen molar-refractivity contribution < 1.29 is 14.3 Å². The zero-order chi connectivity index (χ0) is 19.6. The summed E-state index contributed by atoms with van der Waals surface area (Å²) < 4.78 is 5.38. The Kier molecular flexibility index (Phi) is 5.31. The van der Waals surface area contributed by atoms with Gasteiger partial charge in [-0.2, -0.15) is 0 Å². The molecule has 0 saturated heterocycles. The number of esters is 1. The van der Waals surface area contributed by atoms with E-state index in [0.29, 0.717) is 16.6 Å². The zero-order valence-corrected chi connectivity index (χ0v) is 15.9. The van der Waals surface area contributed by atoms with Gasteiger partial charge in [0.15, 0.2) is 6.10 Å². The van der Waals surface area contributed by atoms with Crippen LogP contribution in [0.4, 0.5) is 0 Å². The molecule has 0 aliphatic heterocycles. The minimum atomic E-state index is -0.869. The molecule has 0 aliphatic rings. The van der Waals surface area contributed by atoms with Gasteiger partial charge in [0.2, 0.25) is 5.78 Å². The Bertz CT molecular complexity index is 1010. The number of benzene rings is 2. The highest BCUT2D eigenvalue weighted by Gasteiger charge is 2.21. The molecule has 3 aromatic rings. The van der Waals surface area contributed by atoms with Gasteiger partial charge < -0.3 is 4.74 Å². The van der Waals surface area contributed by atoms with E-state index in [2.05, 4.69) is 16.9 Å². The van der Waals surface area contributed by atoms with Crippen molar-refractivity contribution in [2.45, 2.75) is 40.2 Å². The molecular formula is C22H22N2O3. The SMILES string of the molecule is CCc1ccc(C(=O)[C@@H](C)OC(=O)c2ccc3nc(C)c(C)nc3c2)cc1. The van der Waals surface area contributed by atoms with E-state index in [-0.39, 0.29) is 5.78 Å².